The molecule has 2 fully saturated rings. The molecule has 1 spiro atoms. The number of nitrogens with one attached hydrogen (secondary N) is 1. The van der Waals surface area contributed by atoms with Crippen LogP contribution in [-0.4, -0.2) is 54.5 Å². The Hall–Kier alpha value is -0.810. The van der Waals surface area contributed by atoms with Crippen molar-refractivity contribution in [2.75, 3.05) is 26.2 Å². The van der Waals surface area contributed by atoms with E-state index in [2.05, 4.69) is 12.2 Å². The van der Waals surface area contributed by atoms with Gasteiger partial charge in [-0.15, -0.1) is 0 Å². The van der Waals surface area contributed by atoms with Crippen LogP contribution in [0.4, 0.5) is 4.79 Å². The molecule has 0 aromatic heterocycles. The molecule has 5 heteroatoms. The molecule has 2 heterocycles. The number of nitrogens with zero attached hydrogens (tertiary/aromatic N) is 1. The lowest BCUT2D eigenvalue weighted by Gasteiger charge is -2.46. The van der Waals surface area contributed by atoms with Gasteiger partial charge >= 0.3 is 6.09 Å². The smallest absolute Gasteiger partial charge is 0.410 e. The van der Waals surface area contributed by atoms with Crippen molar-refractivity contribution in [1.82, 2.24) is 10.2 Å². The monoisotopic (exact) mass is 270 g/mol. The molecule has 0 saturated carbocycles. The number of piperidine rings is 1. The Balaban J connectivity index is 1.87. The summed E-state index contributed by atoms with van der Waals surface area (Å²) < 4.78 is 11.5. The van der Waals surface area contributed by atoms with E-state index in [4.69, 9.17) is 9.47 Å². The van der Waals surface area contributed by atoms with Crippen LogP contribution in [0.5, 0.6) is 0 Å². The molecule has 2 aliphatic heterocycles. The van der Waals surface area contributed by atoms with Crippen LogP contribution in [-0.2, 0) is 9.47 Å². The van der Waals surface area contributed by atoms with Crippen molar-refractivity contribution in [3.63, 3.8) is 0 Å². The van der Waals surface area contributed by atoms with Crippen LogP contribution in [0.25, 0.3) is 0 Å². The van der Waals surface area contributed by atoms with Crippen LogP contribution in [0.3, 0.4) is 0 Å². The summed E-state index contributed by atoms with van der Waals surface area (Å²) in [5.41, 5.74) is -0.514. The zero-order chi connectivity index (χ0) is 14.1. The Morgan fingerprint density at radius 1 is 1.37 bits per heavy atom. The molecule has 0 aliphatic carbocycles. The van der Waals surface area contributed by atoms with Gasteiger partial charge in [0.05, 0.1) is 11.7 Å². The zero-order valence-electron chi connectivity index (χ0n) is 12.5. The average molecular weight is 270 g/mol. The van der Waals surface area contributed by atoms with Crippen LogP contribution in [0.15, 0.2) is 0 Å². The lowest BCUT2D eigenvalue weighted by atomic mass is 9.89. The third-order valence-corrected chi connectivity index (χ3v) is 3.66. The van der Waals surface area contributed by atoms with E-state index in [1.54, 1.807) is 4.90 Å². The van der Waals surface area contributed by atoms with Gasteiger partial charge in [-0.25, -0.2) is 4.79 Å². The van der Waals surface area contributed by atoms with Crippen molar-refractivity contribution >= 4 is 6.09 Å². The quantitative estimate of drug-likeness (QED) is 0.729. The van der Waals surface area contributed by atoms with Crippen LogP contribution in [0, 0.1) is 0 Å². The molecule has 1 unspecified atom stereocenters. The predicted molar refractivity (Wildman–Crippen MR) is 73.2 cm³/mol. The molecule has 2 saturated heterocycles. The summed E-state index contributed by atoms with van der Waals surface area (Å²) in [4.78, 5) is 13.8. The molecular weight excluding hydrogens is 244 g/mol. The third-order valence-electron chi connectivity index (χ3n) is 3.66. The molecule has 1 amide bonds. The van der Waals surface area contributed by atoms with Crippen LogP contribution >= 0.6 is 0 Å². The Morgan fingerprint density at radius 2 is 2.00 bits per heavy atom. The van der Waals surface area contributed by atoms with Gasteiger partial charge in [-0.2, -0.15) is 0 Å². The highest BCUT2D eigenvalue weighted by Gasteiger charge is 2.40. The van der Waals surface area contributed by atoms with Crippen LogP contribution < -0.4 is 5.32 Å². The molecule has 1 N–H and O–H groups in total. The number of ether oxygens (including phenoxy) is 2. The SMILES string of the molecule is CC1CNCC2(CCN(C(=O)OC(C)(C)C)CC2)O1. The van der Waals surface area contributed by atoms with Gasteiger partial charge in [0, 0.05) is 26.2 Å². The van der Waals surface area contributed by atoms with Gasteiger partial charge in [0.25, 0.3) is 0 Å². The summed E-state index contributed by atoms with van der Waals surface area (Å²) in [5, 5.41) is 3.42. The minimum atomic E-state index is -0.427. The molecule has 0 aromatic rings. The molecule has 1 atom stereocenters. The molecule has 5 nitrogen and oxygen atoms in total. The highest BCUT2D eigenvalue weighted by molar-refractivity contribution is 5.68. The number of amides is 1. The highest BCUT2D eigenvalue weighted by atomic mass is 16.6. The molecule has 19 heavy (non-hydrogen) atoms. The first-order chi connectivity index (χ1) is 8.80. The molecule has 110 valence electrons. The van der Waals surface area contributed by atoms with E-state index < -0.39 is 5.60 Å². The number of carbonyl (C=O) groups is 1. The Bertz CT molecular complexity index is 330. The number of rotatable bonds is 0. The van der Waals surface area contributed by atoms with Gasteiger partial charge in [-0.3, -0.25) is 0 Å². The van der Waals surface area contributed by atoms with Crippen molar-refractivity contribution in [3.8, 4) is 0 Å². The van der Waals surface area contributed by atoms with E-state index in [9.17, 15) is 4.79 Å². The largest absolute Gasteiger partial charge is 0.444 e. The van der Waals surface area contributed by atoms with E-state index in [-0.39, 0.29) is 17.8 Å². The van der Waals surface area contributed by atoms with Gasteiger partial charge in [0.2, 0.25) is 0 Å². The van der Waals surface area contributed by atoms with E-state index >= 15 is 0 Å². The Labute approximate surface area is 115 Å². The first-order valence-electron chi connectivity index (χ1n) is 7.16. The topological polar surface area (TPSA) is 50.8 Å². The highest BCUT2D eigenvalue weighted by Crippen LogP contribution is 2.29. The summed E-state index contributed by atoms with van der Waals surface area (Å²) in [6.45, 7) is 11.0. The van der Waals surface area contributed by atoms with Gasteiger partial charge in [0.1, 0.15) is 5.60 Å². The number of carbonyl (C=O) groups excluding carboxylic acids is 1. The fraction of sp³-hybridized carbons (Fsp3) is 0.929. The van der Waals surface area contributed by atoms with Crippen LogP contribution in [0.2, 0.25) is 0 Å². The lowest BCUT2D eigenvalue weighted by molar-refractivity contribution is -0.134. The van der Waals surface area contributed by atoms with Crippen molar-refractivity contribution in [1.29, 1.82) is 0 Å². The maximum Gasteiger partial charge on any atom is 0.410 e. The fourth-order valence-corrected chi connectivity index (χ4v) is 2.73. The average Bonchev–Trinajstić information content (AvgIpc) is 2.27. The van der Waals surface area contributed by atoms with E-state index in [0.29, 0.717) is 13.1 Å². The molecule has 2 rings (SSSR count). The minimum absolute atomic E-state index is 0.0871. The summed E-state index contributed by atoms with van der Waals surface area (Å²) in [5.74, 6) is 0. The number of morpholine rings is 1. The zero-order valence-corrected chi connectivity index (χ0v) is 12.5. The molecule has 0 radical (unpaired) electrons. The first kappa shape index (κ1) is 14.6. The Morgan fingerprint density at radius 3 is 2.53 bits per heavy atom. The van der Waals surface area contributed by atoms with E-state index in [1.807, 2.05) is 20.8 Å². The summed E-state index contributed by atoms with van der Waals surface area (Å²) in [7, 11) is 0. The summed E-state index contributed by atoms with van der Waals surface area (Å²) in [6, 6.07) is 0. The maximum absolute atomic E-state index is 12.0. The first-order valence-corrected chi connectivity index (χ1v) is 7.16. The fourth-order valence-electron chi connectivity index (χ4n) is 2.73. The summed E-state index contributed by atoms with van der Waals surface area (Å²) in [6.07, 6.45) is 1.80. The maximum atomic E-state index is 12.0. The standard InChI is InChI=1S/C14H26N2O3/c1-11-9-15-10-14(18-11)5-7-16(8-6-14)12(17)19-13(2,3)4/h11,15H,5-10H2,1-4H3. The van der Waals surface area contributed by atoms with Gasteiger partial charge in [-0.1, -0.05) is 0 Å². The van der Waals surface area contributed by atoms with Crippen molar-refractivity contribution in [2.24, 2.45) is 0 Å². The number of hydrogen-bond donors (Lipinski definition) is 1. The molecule has 0 aromatic carbocycles. The van der Waals surface area contributed by atoms with Crippen LogP contribution in [0.1, 0.15) is 40.5 Å². The number of likely N-dealkylation sites (tertiary alicyclic amines) is 1. The van der Waals surface area contributed by atoms with Crippen molar-refractivity contribution in [3.05, 3.63) is 0 Å². The second-order valence-corrected chi connectivity index (χ2v) is 6.71. The summed E-state index contributed by atoms with van der Waals surface area (Å²) >= 11 is 0. The van der Waals surface area contributed by atoms with Crippen molar-refractivity contribution in [2.45, 2.75) is 57.8 Å². The van der Waals surface area contributed by atoms with Gasteiger partial charge < -0.3 is 19.7 Å². The second kappa shape index (κ2) is 5.29. The number of hydrogen-bond acceptors (Lipinski definition) is 4. The second-order valence-electron chi connectivity index (χ2n) is 6.71. The minimum Gasteiger partial charge on any atom is -0.444 e. The lowest BCUT2D eigenvalue weighted by Crippen LogP contribution is -2.58. The third kappa shape index (κ3) is 3.83. The predicted octanol–water partition coefficient (Wildman–Crippen LogP) is 1.76. The molecule has 0 bridgehead atoms. The molecule has 2 aliphatic rings. The Kier molecular flexibility index (Phi) is 4.06. The van der Waals surface area contributed by atoms with E-state index in [1.165, 1.54) is 0 Å². The molecular formula is C14H26N2O3. The normalized spacial score (nSPS) is 27.4. The van der Waals surface area contributed by atoms with Gasteiger partial charge in [-0.05, 0) is 40.5 Å². The van der Waals surface area contributed by atoms with Crippen molar-refractivity contribution < 1.29 is 14.3 Å². The van der Waals surface area contributed by atoms with E-state index in [0.717, 1.165) is 25.9 Å². The van der Waals surface area contributed by atoms with Gasteiger partial charge in [0.15, 0.2) is 0 Å².